The summed E-state index contributed by atoms with van der Waals surface area (Å²) in [4.78, 5) is 0. The van der Waals surface area contributed by atoms with Crippen molar-refractivity contribution in [3.8, 4) is 0 Å². The number of benzene rings is 1. The second-order valence-corrected chi connectivity index (χ2v) is 4.74. The van der Waals surface area contributed by atoms with Crippen LogP contribution in [0.1, 0.15) is 31.2 Å². The lowest BCUT2D eigenvalue weighted by atomic mass is 9.93. The van der Waals surface area contributed by atoms with Gasteiger partial charge in [-0.25, -0.2) is 0 Å². The Labute approximate surface area is 96.7 Å². The number of nitrogens with one attached hydrogen (secondary N) is 1. The number of nitrogens with two attached hydrogens (primary N) is 1. The van der Waals surface area contributed by atoms with Crippen molar-refractivity contribution in [3.05, 3.63) is 23.8 Å². The van der Waals surface area contributed by atoms with Crippen molar-refractivity contribution in [1.29, 1.82) is 0 Å². The Morgan fingerprint density at radius 2 is 1.94 bits per heavy atom. The predicted octanol–water partition coefficient (Wildman–Crippen LogP) is 2.29. The molecular weight excluding hydrogens is 200 g/mol. The van der Waals surface area contributed by atoms with Crippen molar-refractivity contribution in [2.24, 2.45) is 0 Å². The molecule has 0 aliphatic heterocycles. The molecule has 1 aromatic carbocycles. The number of aliphatic hydroxyl groups excluding tert-OH is 1. The highest BCUT2D eigenvalue weighted by molar-refractivity contribution is 5.67. The Hall–Kier alpha value is -1.22. The van der Waals surface area contributed by atoms with Crippen molar-refractivity contribution in [3.63, 3.8) is 0 Å². The van der Waals surface area contributed by atoms with E-state index in [-0.39, 0.29) is 6.10 Å². The van der Waals surface area contributed by atoms with E-state index in [9.17, 15) is 5.11 Å². The lowest BCUT2D eigenvalue weighted by molar-refractivity contribution is 0.126. The van der Waals surface area contributed by atoms with Gasteiger partial charge in [-0.3, -0.25) is 0 Å². The van der Waals surface area contributed by atoms with Crippen molar-refractivity contribution in [1.82, 2.24) is 0 Å². The Bertz CT molecular complexity index is 357. The van der Waals surface area contributed by atoms with E-state index in [0.717, 1.165) is 37.1 Å². The second kappa shape index (κ2) is 4.74. The minimum Gasteiger partial charge on any atom is -0.397 e. The molecule has 1 aromatic rings. The van der Waals surface area contributed by atoms with E-state index in [4.69, 9.17) is 5.73 Å². The fourth-order valence-electron chi connectivity index (χ4n) is 2.25. The zero-order valence-corrected chi connectivity index (χ0v) is 9.74. The summed E-state index contributed by atoms with van der Waals surface area (Å²) in [6, 6.07) is 6.54. The van der Waals surface area contributed by atoms with Gasteiger partial charge in [-0.15, -0.1) is 0 Å². The first-order chi connectivity index (χ1) is 7.65. The predicted molar refractivity (Wildman–Crippen MR) is 67.5 cm³/mol. The topological polar surface area (TPSA) is 58.3 Å². The van der Waals surface area contributed by atoms with Gasteiger partial charge in [-0.2, -0.15) is 0 Å². The van der Waals surface area contributed by atoms with E-state index in [1.54, 1.807) is 0 Å². The standard InChI is InChI=1S/C13H20N2O/c1-9-2-7-13(12(14)8-9)15-10-3-5-11(16)6-4-10/h2,7-8,10-11,15-16H,3-6,14H2,1H3. The van der Waals surface area contributed by atoms with Crippen LogP contribution in [0.3, 0.4) is 0 Å². The molecule has 0 heterocycles. The molecule has 1 saturated carbocycles. The molecule has 3 heteroatoms. The minimum atomic E-state index is -0.103. The van der Waals surface area contributed by atoms with Gasteiger partial charge in [0.05, 0.1) is 17.5 Å². The van der Waals surface area contributed by atoms with Crippen molar-refractivity contribution >= 4 is 11.4 Å². The zero-order chi connectivity index (χ0) is 11.5. The van der Waals surface area contributed by atoms with Crippen LogP contribution in [0.15, 0.2) is 18.2 Å². The summed E-state index contributed by atoms with van der Waals surface area (Å²) in [5.74, 6) is 0. The van der Waals surface area contributed by atoms with Gasteiger partial charge in [0, 0.05) is 6.04 Å². The normalized spacial score (nSPS) is 25.4. The van der Waals surface area contributed by atoms with E-state index in [1.807, 2.05) is 19.1 Å². The largest absolute Gasteiger partial charge is 0.397 e. The van der Waals surface area contributed by atoms with Crippen LogP contribution in [0.5, 0.6) is 0 Å². The van der Waals surface area contributed by atoms with Gasteiger partial charge in [-0.05, 0) is 50.3 Å². The molecule has 1 aliphatic carbocycles. The van der Waals surface area contributed by atoms with E-state index in [2.05, 4.69) is 11.4 Å². The second-order valence-electron chi connectivity index (χ2n) is 4.74. The molecule has 1 aliphatic rings. The summed E-state index contributed by atoms with van der Waals surface area (Å²) in [6.45, 7) is 2.04. The lowest BCUT2D eigenvalue weighted by Crippen LogP contribution is -2.28. The number of anilines is 2. The first-order valence-electron chi connectivity index (χ1n) is 5.96. The molecule has 1 fully saturated rings. The van der Waals surface area contributed by atoms with E-state index < -0.39 is 0 Å². The molecule has 0 spiro atoms. The molecule has 0 unspecified atom stereocenters. The highest BCUT2D eigenvalue weighted by Crippen LogP contribution is 2.25. The van der Waals surface area contributed by atoms with Gasteiger partial charge < -0.3 is 16.2 Å². The van der Waals surface area contributed by atoms with Crippen LogP contribution < -0.4 is 11.1 Å². The summed E-state index contributed by atoms with van der Waals surface area (Å²) >= 11 is 0. The third kappa shape index (κ3) is 2.67. The summed E-state index contributed by atoms with van der Waals surface area (Å²) in [7, 11) is 0. The molecule has 4 N–H and O–H groups in total. The van der Waals surface area contributed by atoms with E-state index >= 15 is 0 Å². The fourth-order valence-corrected chi connectivity index (χ4v) is 2.25. The van der Waals surface area contributed by atoms with Crippen LogP contribution >= 0.6 is 0 Å². The first-order valence-corrected chi connectivity index (χ1v) is 5.96. The highest BCUT2D eigenvalue weighted by atomic mass is 16.3. The van der Waals surface area contributed by atoms with Gasteiger partial charge in [0.2, 0.25) is 0 Å². The Kier molecular flexibility index (Phi) is 3.34. The van der Waals surface area contributed by atoms with Crippen LogP contribution in [0.2, 0.25) is 0 Å². The quantitative estimate of drug-likeness (QED) is 0.670. The molecule has 2 rings (SSSR count). The average molecular weight is 220 g/mol. The Balaban J connectivity index is 1.98. The van der Waals surface area contributed by atoms with Crippen LogP contribution in [0.4, 0.5) is 11.4 Å². The molecule has 0 aromatic heterocycles. The molecular formula is C13H20N2O. The number of rotatable bonds is 2. The van der Waals surface area contributed by atoms with Gasteiger partial charge in [0.1, 0.15) is 0 Å². The number of hydrogen-bond donors (Lipinski definition) is 3. The van der Waals surface area contributed by atoms with Crippen molar-refractivity contribution in [2.75, 3.05) is 11.1 Å². The van der Waals surface area contributed by atoms with Gasteiger partial charge in [0.15, 0.2) is 0 Å². The lowest BCUT2D eigenvalue weighted by Gasteiger charge is -2.27. The van der Waals surface area contributed by atoms with Crippen LogP contribution in [-0.2, 0) is 0 Å². The zero-order valence-electron chi connectivity index (χ0n) is 9.74. The summed E-state index contributed by atoms with van der Waals surface area (Å²) in [5, 5.41) is 12.9. The molecule has 16 heavy (non-hydrogen) atoms. The van der Waals surface area contributed by atoms with Crippen LogP contribution in [-0.4, -0.2) is 17.3 Å². The third-order valence-corrected chi connectivity index (χ3v) is 3.26. The monoisotopic (exact) mass is 220 g/mol. The summed E-state index contributed by atoms with van der Waals surface area (Å²) in [5.41, 5.74) is 8.97. The molecule has 88 valence electrons. The molecule has 0 radical (unpaired) electrons. The fraction of sp³-hybridized carbons (Fsp3) is 0.538. The molecule has 0 bridgehead atoms. The highest BCUT2D eigenvalue weighted by Gasteiger charge is 2.19. The minimum absolute atomic E-state index is 0.103. The number of hydrogen-bond acceptors (Lipinski definition) is 3. The average Bonchev–Trinajstić information content (AvgIpc) is 2.25. The summed E-state index contributed by atoms with van der Waals surface area (Å²) < 4.78 is 0. The van der Waals surface area contributed by atoms with Gasteiger partial charge >= 0.3 is 0 Å². The number of nitrogen functional groups attached to an aromatic ring is 1. The van der Waals surface area contributed by atoms with Gasteiger partial charge in [0.25, 0.3) is 0 Å². The van der Waals surface area contributed by atoms with E-state index in [0.29, 0.717) is 6.04 Å². The van der Waals surface area contributed by atoms with Crippen LogP contribution in [0, 0.1) is 6.92 Å². The maximum Gasteiger partial charge on any atom is 0.0576 e. The number of aryl methyl sites for hydroxylation is 1. The van der Waals surface area contributed by atoms with Crippen LogP contribution in [0.25, 0.3) is 0 Å². The summed E-state index contributed by atoms with van der Waals surface area (Å²) in [6.07, 6.45) is 3.73. The number of aliphatic hydroxyl groups is 1. The third-order valence-electron chi connectivity index (χ3n) is 3.26. The van der Waals surface area contributed by atoms with Crippen molar-refractivity contribution in [2.45, 2.75) is 44.8 Å². The van der Waals surface area contributed by atoms with E-state index in [1.165, 1.54) is 5.56 Å². The maximum absolute atomic E-state index is 9.43. The smallest absolute Gasteiger partial charge is 0.0576 e. The maximum atomic E-state index is 9.43. The molecule has 0 atom stereocenters. The molecule has 0 saturated heterocycles. The Morgan fingerprint density at radius 3 is 2.56 bits per heavy atom. The first kappa shape index (κ1) is 11.3. The van der Waals surface area contributed by atoms with Gasteiger partial charge in [-0.1, -0.05) is 6.07 Å². The molecule has 3 nitrogen and oxygen atoms in total. The molecule has 0 amide bonds. The Morgan fingerprint density at radius 1 is 1.25 bits per heavy atom. The SMILES string of the molecule is Cc1ccc(NC2CCC(O)CC2)c(N)c1. The van der Waals surface area contributed by atoms with Crippen molar-refractivity contribution < 1.29 is 5.11 Å².